The van der Waals surface area contributed by atoms with Gasteiger partial charge in [0.25, 0.3) is 0 Å². The second-order valence-electron chi connectivity index (χ2n) is 10.7. The minimum Gasteiger partial charge on any atom is -0.343 e. The molecule has 7 atom stereocenters. The molecule has 1 saturated heterocycles. The summed E-state index contributed by atoms with van der Waals surface area (Å²) in [6.45, 7) is 10.8. The first-order valence-corrected chi connectivity index (χ1v) is 11.8. The SMILES string of the molecule is CCN(CC)C(=O)[C@@H]1CC[C@H]2[C@@H]3CC[C@H]4N(C)C(=O)CC[C@]4(C)[C@H]3CC[C@]12C. The Kier molecular flexibility index (Phi) is 5.07. The molecule has 0 unspecified atom stereocenters. The molecule has 4 rings (SSSR count). The van der Waals surface area contributed by atoms with Crippen molar-refractivity contribution in [2.45, 2.75) is 85.1 Å². The number of fused-ring (bicyclic) bond motifs is 5. The highest BCUT2D eigenvalue weighted by molar-refractivity contribution is 5.80. The van der Waals surface area contributed by atoms with Gasteiger partial charge in [0.1, 0.15) is 0 Å². The number of likely N-dealkylation sites (tertiary alicyclic amines) is 1. The number of hydrogen-bond donors (Lipinski definition) is 0. The van der Waals surface area contributed by atoms with Crippen LogP contribution in [0.3, 0.4) is 0 Å². The molecule has 1 heterocycles. The number of nitrogens with zero attached hydrogens (tertiary/aromatic N) is 2. The topological polar surface area (TPSA) is 40.6 Å². The van der Waals surface area contributed by atoms with Crippen molar-refractivity contribution < 1.29 is 9.59 Å². The highest BCUT2D eigenvalue weighted by Gasteiger charge is 2.62. The van der Waals surface area contributed by atoms with Gasteiger partial charge < -0.3 is 9.80 Å². The van der Waals surface area contributed by atoms with Gasteiger partial charge in [0.05, 0.1) is 0 Å². The monoisotopic (exact) mass is 388 g/mol. The van der Waals surface area contributed by atoms with Crippen LogP contribution in [-0.4, -0.2) is 47.8 Å². The van der Waals surface area contributed by atoms with Crippen molar-refractivity contribution in [3.63, 3.8) is 0 Å². The summed E-state index contributed by atoms with van der Waals surface area (Å²) in [4.78, 5) is 29.7. The van der Waals surface area contributed by atoms with Crippen molar-refractivity contribution >= 4 is 11.8 Å². The molecule has 2 amide bonds. The Hall–Kier alpha value is -1.06. The second-order valence-corrected chi connectivity index (χ2v) is 10.7. The number of rotatable bonds is 3. The van der Waals surface area contributed by atoms with Crippen LogP contribution >= 0.6 is 0 Å². The first-order valence-electron chi connectivity index (χ1n) is 11.8. The minimum absolute atomic E-state index is 0.181. The molecule has 4 heteroatoms. The average Bonchev–Trinajstić information content (AvgIpc) is 3.03. The molecular formula is C24H40N2O2. The summed E-state index contributed by atoms with van der Waals surface area (Å²) in [7, 11) is 2.03. The lowest BCUT2D eigenvalue weighted by Gasteiger charge is -2.61. The molecule has 3 aliphatic carbocycles. The van der Waals surface area contributed by atoms with E-state index in [2.05, 4.69) is 37.5 Å². The summed E-state index contributed by atoms with van der Waals surface area (Å²) >= 11 is 0. The third-order valence-electron chi connectivity index (χ3n) is 9.93. The van der Waals surface area contributed by atoms with Crippen molar-refractivity contribution in [2.75, 3.05) is 20.1 Å². The Bertz CT molecular complexity index is 645. The molecule has 0 spiro atoms. The van der Waals surface area contributed by atoms with Crippen LogP contribution < -0.4 is 0 Å². The van der Waals surface area contributed by atoms with Crippen LogP contribution in [0.5, 0.6) is 0 Å². The first kappa shape index (κ1) is 20.2. The molecule has 0 aromatic carbocycles. The lowest BCUT2D eigenvalue weighted by molar-refractivity contribution is -0.161. The molecule has 4 nitrogen and oxygen atoms in total. The lowest BCUT2D eigenvalue weighted by Crippen LogP contribution is -2.61. The third kappa shape index (κ3) is 2.69. The highest BCUT2D eigenvalue weighted by Crippen LogP contribution is 2.66. The molecule has 0 aromatic rings. The Labute approximate surface area is 171 Å². The van der Waals surface area contributed by atoms with Gasteiger partial charge in [-0.25, -0.2) is 0 Å². The summed E-state index contributed by atoms with van der Waals surface area (Å²) in [5.41, 5.74) is 0.453. The van der Waals surface area contributed by atoms with Crippen LogP contribution in [-0.2, 0) is 9.59 Å². The number of carbonyl (C=O) groups is 2. The van der Waals surface area contributed by atoms with E-state index >= 15 is 0 Å². The fraction of sp³-hybridized carbons (Fsp3) is 0.917. The van der Waals surface area contributed by atoms with E-state index in [1.165, 1.54) is 25.7 Å². The van der Waals surface area contributed by atoms with Crippen LogP contribution in [0.2, 0.25) is 0 Å². The van der Waals surface area contributed by atoms with Crippen LogP contribution in [0.25, 0.3) is 0 Å². The summed E-state index contributed by atoms with van der Waals surface area (Å²) in [5, 5.41) is 0. The fourth-order valence-corrected chi connectivity index (χ4v) is 8.31. The molecule has 28 heavy (non-hydrogen) atoms. The molecule has 4 aliphatic rings. The molecule has 3 saturated carbocycles. The Balaban J connectivity index is 1.58. The van der Waals surface area contributed by atoms with E-state index < -0.39 is 0 Å². The maximum absolute atomic E-state index is 13.3. The quantitative estimate of drug-likeness (QED) is 0.722. The Morgan fingerprint density at radius 1 is 1.00 bits per heavy atom. The smallest absolute Gasteiger partial charge is 0.226 e. The van der Waals surface area contributed by atoms with Gasteiger partial charge in [-0.1, -0.05) is 13.8 Å². The number of carbonyl (C=O) groups excluding carboxylic acids is 2. The van der Waals surface area contributed by atoms with Gasteiger partial charge in [0, 0.05) is 38.5 Å². The van der Waals surface area contributed by atoms with Crippen molar-refractivity contribution in [2.24, 2.45) is 34.5 Å². The van der Waals surface area contributed by atoms with Gasteiger partial charge in [-0.15, -0.1) is 0 Å². The van der Waals surface area contributed by atoms with Crippen LogP contribution in [0.15, 0.2) is 0 Å². The zero-order chi connectivity index (χ0) is 20.3. The zero-order valence-electron chi connectivity index (χ0n) is 18.7. The van der Waals surface area contributed by atoms with Crippen LogP contribution in [0.1, 0.15) is 79.1 Å². The second kappa shape index (κ2) is 7.02. The first-order chi connectivity index (χ1) is 13.3. The molecule has 0 N–H and O–H groups in total. The van der Waals surface area contributed by atoms with Gasteiger partial charge in [-0.3, -0.25) is 9.59 Å². The van der Waals surface area contributed by atoms with Crippen molar-refractivity contribution in [3.05, 3.63) is 0 Å². The van der Waals surface area contributed by atoms with E-state index in [0.717, 1.165) is 50.6 Å². The van der Waals surface area contributed by atoms with Crippen LogP contribution in [0.4, 0.5) is 0 Å². The highest BCUT2D eigenvalue weighted by atomic mass is 16.2. The third-order valence-corrected chi connectivity index (χ3v) is 9.93. The number of hydrogen-bond acceptors (Lipinski definition) is 2. The van der Waals surface area contributed by atoms with E-state index in [1.807, 2.05) is 7.05 Å². The Morgan fingerprint density at radius 3 is 2.36 bits per heavy atom. The standard InChI is InChI=1S/C24H40N2O2/c1-6-26(7-2)22(28)19-10-9-17-16-8-11-20-24(4,15-13-21(27)25(20)5)18(16)12-14-23(17,19)3/h16-20H,6-15H2,1-5H3/t16-,17-,18-,19-,20+,23-,24+/m0/s1. The van der Waals surface area contributed by atoms with Crippen LogP contribution in [0, 0.1) is 34.5 Å². The maximum atomic E-state index is 13.3. The normalized spacial score (nSPS) is 45.2. The summed E-state index contributed by atoms with van der Waals surface area (Å²) in [6, 6.07) is 0.425. The summed E-state index contributed by atoms with van der Waals surface area (Å²) in [5.74, 6) is 3.14. The van der Waals surface area contributed by atoms with Crippen molar-refractivity contribution in [1.82, 2.24) is 9.80 Å². The lowest BCUT2D eigenvalue weighted by atomic mass is 9.47. The van der Waals surface area contributed by atoms with E-state index in [9.17, 15) is 9.59 Å². The molecule has 158 valence electrons. The van der Waals surface area contributed by atoms with Gasteiger partial charge >= 0.3 is 0 Å². The largest absolute Gasteiger partial charge is 0.343 e. The predicted octanol–water partition coefficient (Wildman–Crippen LogP) is 4.33. The van der Waals surface area contributed by atoms with Crippen molar-refractivity contribution in [1.29, 1.82) is 0 Å². The molecule has 0 aromatic heterocycles. The minimum atomic E-state index is 0.181. The molecule has 1 aliphatic heterocycles. The zero-order valence-corrected chi connectivity index (χ0v) is 18.7. The molecule has 0 bridgehead atoms. The predicted molar refractivity (Wildman–Crippen MR) is 112 cm³/mol. The molecular weight excluding hydrogens is 348 g/mol. The van der Waals surface area contributed by atoms with E-state index in [-0.39, 0.29) is 16.7 Å². The van der Waals surface area contributed by atoms with E-state index in [1.54, 1.807) is 0 Å². The van der Waals surface area contributed by atoms with Crippen molar-refractivity contribution in [3.8, 4) is 0 Å². The summed E-state index contributed by atoms with van der Waals surface area (Å²) in [6.07, 6.45) is 8.93. The number of piperidine rings is 1. The Morgan fingerprint density at radius 2 is 1.68 bits per heavy atom. The average molecular weight is 389 g/mol. The van der Waals surface area contributed by atoms with Gasteiger partial charge in [0.15, 0.2) is 0 Å². The van der Waals surface area contributed by atoms with E-state index in [0.29, 0.717) is 23.8 Å². The molecule has 0 radical (unpaired) electrons. The summed E-state index contributed by atoms with van der Waals surface area (Å²) < 4.78 is 0. The van der Waals surface area contributed by atoms with Gasteiger partial charge in [-0.05, 0) is 87.4 Å². The van der Waals surface area contributed by atoms with E-state index in [4.69, 9.17) is 0 Å². The maximum Gasteiger partial charge on any atom is 0.226 e. The van der Waals surface area contributed by atoms with Gasteiger partial charge in [-0.2, -0.15) is 0 Å². The molecule has 4 fully saturated rings. The number of amides is 2. The van der Waals surface area contributed by atoms with Gasteiger partial charge in [0.2, 0.25) is 11.8 Å². The fourth-order valence-electron chi connectivity index (χ4n) is 8.31.